The lowest BCUT2D eigenvalue weighted by Crippen LogP contribution is -2.04. The second kappa shape index (κ2) is 6.06. The first-order valence-corrected chi connectivity index (χ1v) is 7.41. The molecule has 0 aliphatic rings. The summed E-state index contributed by atoms with van der Waals surface area (Å²) in [5.41, 5.74) is 3.41. The second-order valence-corrected chi connectivity index (χ2v) is 5.38. The summed E-state index contributed by atoms with van der Waals surface area (Å²) in [7, 11) is 0. The van der Waals surface area contributed by atoms with Gasteiger partial charge in [0.1, 0.15) is 17.9 Å². The highest BCUT2D eigenvalue weighted by Crippen LogP contribution is 2.21. The standard InChI is InChI=1S/C19H18O3/c1-3-14-7-8-17-15(11-19(20)22-18(17)10-14)12-21-16-6-4-5-13(2)9-16/h4-11H,3,12H2,1-2H3. The van der Waals surface area contributed by atoms with Gasteiger partial charge < -0.3 is 9.15 Å². The summed E-state index contributed by atoms with van der Waals surface area (Å²) in [4.78, 5) is 11.7. The molecule has 0 saturated heterocycles. The Morgan fingerprint density at radius 1 is 1.09 bits per heavy atom. The molecule has 0 saturated carbocycles. The monoisotopic (exact) mass is 294 g/mol. The summed E-state index contributed by atoms with van der Waals surface area (Å²) in [6, 6.07) is 15.3. The minimum atomic E-state index is -0.344. The van der Waals surface area contributed by atoms with Gasteiger partial charge in [-0.2, -0.15) is 0 Å². The SMILES string of the molecule is CCc1ccc2c(COc3cccc(C)c3)cc(=O)oc2c1. The molecule has 1 aromatic heterocycles. The Balaban J connectivity index is 1.94. The van der Waals surface area contributed by atoms with Gasteiger partial charge in [-0.05, 0) is 42.7 Å². The maximum atomic E-state index is 11.7. The van der Waals surface area contributed by atoms with Crippen molar-refractivity contribution in [2.24, 2.45) is 0 Å². The van der Waals surface area contributed by atoms with E-state index in [1.807, 2.05) is 43.3 Å². The molecule has 0 bridgehead atoms. The third-order valence-electron chi connectivity index (χ3n) is 3.69. The summed E-state index contributed by atoms with van der Waals surface area (Å²) in [5.74, 6) is 0.798. The van der Waals surface area contributed by atoms with Crippen LogP contribution in [-0.4, -0.2) is 0 Å². The molecule has 3 rings (SSSR count). The predicted octanol–water partition coefficient (Wildman–Crippen LogP) is 4.24. The third kappa shape index (κ3) is 3.03. The quantitative estimate of drug-likeness (QED) is 0.675. The Bertz CT molecular complexity index is 862. The van der Waals surface area contributed by atoms with Crippen LogP contribution in [-0.2, 0) is 13.0 Å². The van der Waals surface area contributed by atoms with Gasteiger partial charge in [-0.1, -0.05) is 31.2 Å². The number of rotatable bonds is 4. The van der Waals surface area contributed by atoms with E-state index >= 15 is 0 Å². The van der Waals surface area contributed by atoms with Crippen LogP contribution in [0.25, 0.3) is 11.0 Å². The molecule has 0 amide bonds. The zero-order valence-corrected chi connectivity index (χ0v) is 12.8. The Labute approximate surface area is 129 Å². The Hall–Kier alpha value is -2.55. The molecule has 0 atom stereocenters. The lowest BCUT2D eigenvalue weighted by atomic mass is 10.1. The van der Waals surface area contributed by atoms with Crippen LogP contribution in [0, 0.1) is 6.92 Å². The van der Waals surface area contributed by atoms with Crippen LogP contribution in [0.2, 0.25) is 0 Å². The fourth-order valence-corrected chi connectivity index (χ4v) is 2.48. The van der Waals surface area contributed by atoms with E-state index in [1.54, 1.807) is 0 Å². The molecule has 3 nitrogen and oxygen atoms in total. The lowest BCUT2D eigenvalue weighted by Gasteiger charge is -2.09. The van der Waals surface area contributed by atoms with Crippen LogP contribution < -0.4 is 10.4 Å². The van der Waals surface area contributed by atoms with Crippen molar-refractivity contribution in [2.45, 2.75) is 26.9 Å². The first kappa shape index (κ1) is 14.4. The molecule has 0 unspecified atom stereocenters. The number of hydrogen-bond donors (Lipinski definition) is 0. The van der Waals surface area contributed by atoms with Crippen molar-refractivity contribution < 1.29 is 9.15 Å². The van der Waals surface area contributed by atoms with Gasteiger partial charge in [-0.25, -0.2) is 4.79 Å². The van der Waals surface area contributed by atoms with Crippen LogP contribution in [0.1, 0.15) is 23.6 Å². The predicted molar refractivity (Wildman–Crippen MR) is 87.4 cm³/mol. The van der Waals surface area contributed by atoms with E-state index in [0.717, 1.165) is 34.2 Å². The number of aryl methyl sites for hydroxylation is 2. The fraction of sp³-hybridized carbons (Fsp3) is 0.211. The van der Waals surface area contributed by atoms with E-state index in [0.29, 0.717) is 12.2 Å². The Morgan fingerprint density at radius 3 is 2.73 bits per heavy atom. The third-order valence-corrected chi connectivity index (χ3v) is 3.69. The molecule has 0 fully saturated rings. The van der Waals surface area contributed by atoms with Gasteiger partial charge in [-0.3, -0.25) is 0 Å². The first-order chi connectivity index (χ1) is 10.7. The Morgan fingerprint density at radius 2 is 1.95 bits per heavy atom. The van der Waals surface area contributed by atoms with E-state index < -0.39 is 0 Å². The largest absolute Gasteiger partial charge is 0.489 e. The number of ether oxygens (including phenoxy) is 1. The van der Waals surface area contributed by atoms with Crippen LogP contribution in [0.3, 0.4) is 0 Å². The molecular formula is C19H18O3. The average molecular weight is 294 g/mol. The van der Waals surface area contributed by atoms with E-state index in [9.17, 15) is 4.79 Å². The normalized spacial score (nSPS) is 10.8. The highest BCUT2D eigenvalue weighted by molar-refractivity contribution is 5.80. The van der Waals surface area contributed by atoms with E-state index in [4.69, 9.17) is 9.15 Å². The summed E-state index contributed by atoms with van der Waals surface area (Å²) in [6.07, 6.45) is 0.906. The average Bonchev–Trinajstić information content (AvgIpc) is 2.52. The molecule has 1 heterocycles. The van der Waals surface area contributed by atoms with E-state index in [-0.39, 0.29) is 5.63 Å². The van der Waals surface area contributed by atoms with Crippen LogP contribution in [0.5, 0.6) is 5.75 Å². The van der Waals surface area contributed by atoms with Crippen LogP contribution >= 0.6 is 0 Å². The fourth-order valence-electron chi connectivity index (χ4n) is 2.48. The number of hydrogen-bond acceptors (Lipinski definition) is 3. The molecule has 112 valence electrons. The van der Waals surface area contributed by atoms with Crippen molar-refractivity contribution in [3.63, 3.8) is 0 Å². The zero-order chi connectivity index (χ0) is 15.5. The zero-order valence-electron chi connectivity index (χ0n) is 12.8. The van der Waals surface area contributed by atoms with Gasteiger partial charge in [0.2, 0.25) is 0 Å². The molecule has 3 heteroatoms. The molecule has 0 aliphatic heterocycles. The minimum Gasteiger partial charge on any atom is -0.489 e. The first-order valence-electron chi connectivity index (χ1n) is 7.41. The van der Waals surface area contributed by atoms with Crippen molar-refractivity contribution >= 4 is 11.0 Å². The Kier molecular flexibility index (Phi) is 3.96. The summed E-state index contributed by atoms with van der Waals surface area (Å²) < 4.78 is 11.1. The molecule has 22 heavy (non-hydrogen) atoms. The van der Waals surface area contributed by atoms with Crippen LogP contribution in [0.4, 0.5) is 0 Å². The molecule has 0 N–H and O–H groups in total. The van der Waals surface area contributed by atoms with E-state index in [2.05, 4.69) is 13.0 Å². The number of benzene rings is 2. The summed E-state index contributed by atoms with van der Waals surface area (Å²) in [6.45, 7) is 4.44. The molecule has 0 radical (unpaired) electrons. The van der Waals surface area contributed by atoms with Gasteiger partial charge in [0.15, 0.2) is 0 Å². The molecule has 0 aliphatic carbocycles. The van der Waals surface area contributed by atoms with Gasteiger partial charge in [-0.15, -0.1) is 0 Å². The van der Waals surface area contributed by atoms with Gasteiger partial charge in [0.25, 0.3) is 0 Å². The summed E-state index contributed by atoms with van der Waals surface area (Å²) in [5, 5.41) is 0.921. The molecule has 2 aromatic carbocycles. The van der Waals surface area contributed by atoms with Crippen molar-refractivity contribution in [3.05, 3.63) is 75.6 Å². The van der Waals surface area contributed by atoms with E-state index in [1.165, 1.54) is 6.07 Å². The van der Waals surface area contributed by atoms with Gasteiger partial charge in [0, 0.05) is 17.0 Å². The van der Waals surface area contributed by atoms with Crippen LogP contribution in [0.15, 0.2) is 57.7 Å². The van der Waals surface area contributed by atoms with Gasteiger partial charge in [0.05, 0.1) is 0 Å². The highest BCUT2D eigenvalue weighted by Gasteiger charge is 2.07. The molecule has 3 aromatic rings. The smallest absolute Gasteiger partial charge is 0.336 e. The van der Waals surface area contributed by atoms with Crippen molar-refractivity contribution in [3.8, 4) is 5.75 Å². The second-order valence-electron chi connectivity index (χ2n) is 5.38. The van der Waals surface area contributed by atoms with Crippen molar-refractivity contribution in [2.75, 3.05) is 0 Å². The summed E-state index contributed by atoms with van der Waals surface area (Å²) >= 11 is 0. The topological polar surface area (TPSA) is 39.4 Å². The lowest BCUT2D eigenvalue weighted by molar-refractivity contribution is 0.306. The molecule has 0 spiro atoms. The number of fused-ring (bicyclic) bond motifs is 1. The minimum absolute atomic E-state index is 0.344. The molecular weight excluding hydrogens is 276 g/mol. The maximum absolute atomic E-state index is 11.7. The maximum Gasteiger partial charge on any atom is 0.336 e. The van der Waals surface area contributed by atoms with Crippen molar-refractivity contribution in [1.82, 2.24) is 0 Å². The van der Waals surface area contributed by atoms with Crippen molar-refractivity contribution in [1.29, 1.82) is 0 Å². The van der Waals surface area contributed by atoms with Gasteiger partial charge >= 0.3 is 5.63 Å². The highest BCUT2D eigenvalue weighted by atomic mass is 16.5.